The van der Waals surface area contributed by atoms with Crippen LogP contribution in [0.25, 0.3) is 0 Å². The number of aromatic nitrogens is 2. The molecule has 3 rings (SSSR count). The third kappa shape index (κ3) is 5.40. The van der Waals surface area contributed by atoms with E-state index in [1.807, 2.05) is 6.92 Å². The van der Waals surface area contributed by atoms with Crippen LogP contribution >= 0.6 is 0 Å². The van der Waals surface area contributed by atoms with Gasteiger partial charge in [0.2, 0.25) is 0 Å². The van der Waals surface area contributed by atoms with Crippen LogP contribution < -0.4 is 10.6 Å². The predicted molar refractivity (Wildman–Crippen MR) is 103 cm³/mol. The zero-order valence-electron chi connectivity index (χ0n) is 16.7. The molecule has 2 aliphatic rings. The quantitative estimate of drug-likeness (QED) is 0.590. The van der Waals surface area contributed by atoms with Crippen molar-refractivity contribution < 1.29 is 13.2 Å². The van der Waals surface area contributed by atoms with Crippen molar-refractivity contribution in [3.8, 4) is 0 Å². The maximum Gasteiger partial charge on any atom is 0.435 e. The number of aliphatic imine (C=N–C) groups is 1. The molecule has 0 amide bonds. The van der Waals surface area contributed by atoms with Crippen molar-refractivity contribution >= 4 is 5.96 Å². The topological polar surface area (TPSA) is 57.5 Å². The molecule has 1 saturated carbocycles. The molecule has 0 radical (unpaired) electrons. The summed E-state index contributed by atoms with van der Waals surface area (Å²) in [5, 5.41) is 10.1. The third-order valence-electron chi connectivity index (χ3n) is 5.64. The number of halogens is 3. The molecular formula is C19H31F3N6. The molecule has 1 aromatic rings. The van der Waals surface area contributed by atoms with E-state index in [0.717, 1.165) is 32.0 Å². The average molecular weight is 400 g/mol. The summed E-state index contributed by atoms with van der Waals surface area (Å²) in [5.41, 5.74) is -0.775. The van der Waals surface area contributed by atoms with Gasteiger partial charge in [0.25, 0.3) is 0 Å². The van der Waals surface area contributed by atoms with Crippen LogP contribution in [0.1, 0.15) is 56.7 Å². The van der Waals surface area contributed by atoms with Gasteiger partial charge in [0.05, 0.1) is 6.54 Å². The molecule has 1 aromatic heterocycles. The number of rotatable bonds is 5. The van der Waals surface area contributed by atoms with Crippen molar-refractivity contribution in [3.05, 3.63) is 17.5 Å². The van der Waals surface area contributed by atoms with Crippen LogP contribution in [0.2, 0.25) is 0 Å². The van der Waals surface area contributed by atoms with Crippen LogP contribution in [-0.2, 0) is 19.8 Å². The monoisotopic (exact) mass is 400 g/mol. The molecule has 1 saturated heterocycles. The first kappa shape index (κ1) is 21.0. The minimum Gasteiger partial charge on any atom is -0.357 e. The molecule has 1 aliphatic heterocycles. The van der Waals surface area contributed by atoms with Gasteiger partial charge in [0, 0.05) is 50.5 Å². The lowest BCUT2D eigenvalue weighted by atomic mass is 10.0. The van der Waals surface area contributed by atoms with Crippen molar-refractivity contribution in [1.29, 1.82) is 0 Å². The molecule has 28 heavy (non-hydrogen) atoms. The number of guanidine groups is 1. The molecule has 2 heterocycles. The molecule has 9 heteroatoms. The van der Waals surface area contributed by atoms with Crippen LogP contribution in [0.3, 0.4) is 0 Å². The fourth-order valence-electron chi connectivity index (χ4n) is 4.25. The molecule has 2 fully saturated rings. The minimum absolute atomic E-state index is 0.0566. The maximum atomic E-state index is 13.1. The number of aryl methyl sites for hydroxylation is 1. The summed E-state index contributed by atoms with van der Waals surface area (Å²) >= 11 is 0. The fourth-order valence-corrected chi connectivity index (χ4v) is 4.25. The summed E-state index contributed by atoms with van der Waals surface area (Å²) in [5.74, 6) is 0.568. The normalized spacial score (nSPS) is 20.7. The molecule has 6 nitrogen and oxygen atoms in total. The largest absolute Gasteiger partial charge is 0.435 e. The van der Waals surface area contributed by atoms with Gasteiger partial charge < -0.3 is 15.5 Å². The summed E-state index contributed by atoms with van der Waals surface area (Å²) in [6.07, 6.45) is 4.29. The molecule has 0 atom stereocenters. The van der Waals surface area contributed by atoms with Crippen LogP contribution in [-0.4, -0.2) is 52.4 Å². The lowest BCUT2D eigenvalue weighted by molar-refractivity contribution is -0.142. The Balaban J connectivity index is 1.58. The highest BCUT2D eigenvalue weighted by atomic mass is 19.4. The van der Waals surface area contributed by atoms with Crippen LogP contribution in [0, 0.1) is 0 Å². The van der Waals surface area contributed by atoms with E-state index in [0.29, 0.717) is 18.5 Å². The van der Waals surface area contributed by atoms with E-state index in [1.54, 1.807) is 0 Å². The second-order valence-electron chi connectivity index (χ2n) is 7.76. The summed E-state index contributed by atoms with van der Waals surface area (Å²) in [6.45, 7) is 4.70. The summed E-state index contributed by atoms with van der Waals surface area (Å²) in [4.78, 5) is 6.99. The number of likely N-dealkylation sites (tertiary alicyclic amines) is 1. The maximum absolute atomic E-state index is 13.1. The van der Waals surface area contributed by atoms with E-state index in [-0.39, 0.29) is 12.1 Å². The van der Waals surface area contributed by atoms with Crippen LogP contribution in [0.4, 0.5) is 13.2 Å². The Morgan fingerprint density at radius 1 is 1.21 bits per heavy atom. The fraction of sp³-hybridized carbons (Fsp3) is 0.789. The second kappa shape index (κ2) is 9.15. The Morgan fingerprint density at radius 3 is 2.50 bits per heavy atom. The summed E-state index contributed by atoms with van der Waals surface area (Å²) in [6, 6.07) is 1.04. The van der Waals surface area contributed by atoms with E-state index in [9.17, 15) is 13.2 Å². The molecule has 158 valence electrons. The predicted octanol–water partition coefficient (Wildman–Crippen LogP) is 2.90. The Labute approximate surface area is 164 Å². The van der Waals surface area contributed by atoms with Gasteiger partial charge in [-0.25, -0.2) is 4.99 Å². The minimum atomic E-state index is -4.47. The van der Waals surface area contributed by atoms with Crippen molar-refractivity contribution in [2.75, 3.05) is 19.6 Å². The smallest absolute Gasteiger partial charge is 0.357 e. The van der Waals surface area contributed by atoms with Gasteiger partial charge in [0.1, 0.15) is 0 Å². The van der Waals surface area contributed by atoms with Gasteiger partial charge >= 0.3 is 6.18 Å². The van der Waals surface area contributed by atoms with E-state index < -0.39 is 11.9 Å². The molecular weight excluding hydrogens is 369 g/mol. The highest BCUT2D eigenvalue weighted by Crippen LogP contribution is 2.31. The first-order valence-corrected chi connectivity index (χ1v) is 10.3. The first-order chi connectivity index (χ1) is 13.4. The van der Waals surface area contributed by atoms with Crippen molar-refractivity contribution in [2.45, 2.75) is 70.3 Å². The number of nitrogens with one attached hydrogen (secondary N) is 2. The average Bonchev–Trinajstić information content (AvgIpc) is 3.30. The Hall–Kier alpha value is -1.77. The third-order valence-corrected chi connectivity index (χ3v) is 5.64. The van der Waals surface area contributed by atoms with E-state index in [1.165, 1.54) is 43.6 Å². The lowest BCUT2D eigenvalue weighted by Crippen LogP contribution is -2.50. The number of hydrogen-bond donors (Lipinski definition) is 2. The molecule has 0 unspecified atom stereocenters. The number of nitrogens with zero attached hydrogens (tertiary/aromatic N) is 4. The van der Waals surface area contributed by atoms with Gasteiger partial charge in [-0.2, -0.15) is 18.3 Å². The lowest BCUT2D eigenvalue weighted by Gasteiger charge is -2.36. The zero-order valence-corrected chi connectivity index (χ0v) is 16.7. The highest BCUT2D eigenvalue weighted by Gasteiger charge is 2.36. The van der Waals surface area contributed by atoms with Crippen molar-refractivity contribution in [2.24, 2.45) is 12.0 Å². The van der Waals surface area contributed by atoms with Crippen LogP contribution in [0.15, 0.2) is 11.2 Å². The van der Waals surface area contributed by atoms with Gasteiger partial charge in [-0.1, -0.05) is 12.8 Å². The van der Waals surface area contributed by atoms with E-state index in [2.05, 4.69) is 25.6 Å². The highest BCUT2D eigenvalue weighted by molar-refractivity contribution is 5.80. The molecule has 1 aliphatic carbocycles. The second-order valence-corrected chi connectivity index (χ2v) is 7.76. The molecule has 0 bridgehead atoms. The van der Waals surface area contributed by atoms with Gasteiger partial charge in [-0.15, -0.1) is 0 Å². The number of hydrogen-bond acceptors (Lipinski definition) is 3. The van der Waals surface area contributed by atoms with Gasteiger partial charge in [-0.3, -0.25) is 4.68 Å². The number of alkyl halides is 3. The van der Waals surface area contributed by atoms with E-state index in [4.69, 9.17) is 0 Å². The molecule has 2 N–H and O–H groups in total. The standard InChI is InChI=1S/C19H31F3N6/c1-3-23-18(24-12-14-13-27(2)26-17(14)19(20,21)22)25-15-8-10-28(11-9-15)16-6-4-5-7-16/h13,15-16H,3-12H2,1-2H3,(H2,23,24,25). The van der Waals surface area contributed by atoms with E-state index >= 15 is 0 Å². The van der Waals surface area contributed by atoms with Crippen molar-refractivity contribution in [1.82, 2.24) is 25.3 Å². The first-order valence-electron chi connectivity index (χ1n) is 10.3. The number of piperidine rings is 1. The molecule has 0 spiro atoms. The van der Waals surface area contributed by atoms with Gasteiger partial charge in [0.15, 0.2) is 11.7 Å². The Bertz CT molecular complexity index is 655. The Kier molecular flexibility index (Phi) is 6.85. The van der Waals surface area contributed by atoms with Gasteiger partial charge in [-0.05, 0) is 32.6 Å². The Morgan fingerprint density at radius 2 is 1.89 bits per heavy atom. The summed E-state index contributed by atoms with van der Waals surface area (Å²) in [7, 11) is 1.49. The molecule has 0 aromatic carbocycles. The zero-order chi connectivity index (χ0) is 20.1. The van der Waals surface area contributed by atoms with Crippen LogP contribution in [0.5, 0.6) is 0 Å². The summed E-state index contributed by atoms with van der Waals surface area (Å²) < 4.78 is 40.5. The SMILES string of the molecule is CCNC(=NCc1cn(C)nc1C(F)(F)F)NC1CCN(C2CCCC2)CC1. The van der Waals surface area contributed by atoms with Crippen molar-refractivity contribution in [3.63, 3.8) is 0 Å².